The first kappa shape index (κ1) is 7.77. The predicted molar refractivity (Wildman–Crippen MR) is 47.2 cm³/mol. The zero-order valence-corrected chi connectivity index (χ0v) is 6.94. The van der Waals surface area contributed by atoms with E-state index in [1.54, 1.807) is 0 Å². The minimum atomic E-state index is 0.117. The Morgan fingerprint density at radius 2 is 1.92 bits per heavy atom. The molecule has 12 heavy (non-hydrogen) atoms. The largest absolute Gasteiger partial charge is 0.296 e. The van der Waals surface area contributed by atoms with Gasteiger partial charge in [0.15, 0.2) is 0 Å². The SMILES string of the molecule is NOC(c1ccccc1)C1CC1. The van der Waals surface area contributed by atoms with Crippen molar-refractivity contribution in [1.82, 2.24) is 0 Å². The molecule has 64 valence electrons. The summed E-state index contributed by atoms with van der Waals surface area (Å²) >= 11 is 0. The van der Waals surface area contributed by atoms with Gasteiger partial charge in [-0.05, 0) is 24.3 Å². The molecule has 0 bridgehead atoms. The molecule has 0 amide bonds. The van der Waals surface area contributed by atoms with E-state index in [0.29, 0.717) is 5.92 Å². The summed E-state index contributed by atoms with van der Waals surface area (Å²) < 4.78 is 0. The second kappa shape index (κ2) is 3.25. The zero-order chi connectivity index (χ0) is 8.39. The number of nitrogens with two attached hydrogens (primary N) is 1. The molecule has 1 aliphatic rings. The second-order valence-corrected chi connectivity index (χ2v) is 3.30. The highest BCUT2D eigenvalue weighted by Crippen LogP contribution is 2.42. The van der Waals surface area contributed by atoms with Gasteiger partial charge in [-0.25, -0.2) is 5.90 Å². The van der Waals surface area contributed by atoms with Gasteiger partial charge >= 0.3 is 0 Å². The Morgan fingerprint density at radius 1 is 1.25 bits per heavy atom. The first-order valence-electron chi connectivity index (χ1n) is 4.32. The summed E-state index contributed by atoms with van der Waals surface area (Å²) in [6.45, 7) is 0. The summed E-state index contributed by atoms with van der Waals surface area (Å²) in [5, 5.41) is 0. The van der Waals surface area contributed by atoms with Gasteiger partial charge in [0.1, 0.15) is 6.10 Å². The van der Waals surface area contributed by atoms with Gasteiger partial charge in [-0.2, -0.15) is 0 Å². The third kappa shape index (κ3) is 1.49. The Kier molecular flexibility index (Phi) is 2.11. The van der Waals surface area contributed by atoms with Crippen molar-refractivity contribution < 1.29 is 4.84 Å². The molecule has 1 aromatic rings. The molecule has 2 heteroatoms. The van der Waals surface area contributed by atoms with Gasteiger partial charge in [0.25, 0.3) is 0 Å². The maximum atomic E-state index is 5.25. The van der Waals surface area contributed by atoms with Crippen LogP contribution in [0.25, 0.3) is 0 Å². The lowest BCUT2D eigenvalue weighted by Crippen LogP contribution is -2.10. The molecule has 0 saturated heterocycles. The van der Waals surface area contributed by atoms with E-state index in [9.17, 15) is 0 Å². The number of hydrogen-bond donors (Lipinski definition) is 1. The molecule has 0 radical (unpaired) electrons. The molecule has 1 aliphatic carbocycles. The van der Waals surface area contributed by atoms with Crippen LogP contribution in [0.5, 0.6) is 0 Å². The van der Waals surface area contributed by atoms with Crippen LogP contribution < -0.4 is 5.90 Å². The first-order chi connectivity index (χ1) is 5.92. The van der Waals surface area contributed by atoms with Crippen molar-refractivity contribution in [1.29, 1.82) is 0 Å². The van der Waals surface area contributed by atoms with E-state index in [1.807, 2.05) is 18.2 Å². The molecule has 1 aromatic carbocycles. The van der Waals surface area contributed by atoms with Gasteiger partial charge in [0.2, 0.25) is 0 Å². The van der Waals surface area contributed by atoms with Crippen LogP contribution in [0.4, 0.5) is 0 Å². The fraction of sp³-hybridized carbons (Fsp3) is 0.400. The topological polar surface area (TPSA) is 35.2 Å². The lowest BCUT2D eigenvalue weighted by atomic mass is 10.1. The Bertz CT molecular complexity index is 243. The molecule has 2 N–H and O–H groups in total. The summed E-state index contributed by atoms with van der Waals surface area (Å²) in [7, 11) is 0. The summed E-state index contributed by atoms with van der Waals surface area (Å²) in [6.07, 6.45) is 2.61. The van der Waals surface area contributed by atoms with E-state index in [2.05, 4.69) is 12.1 Å². The Labute approximate surface area is 72.3 Å². The molecule has 0 aromatic heterocycles. The molecule has 0 aliphatic heterocycles. The average Bonchev–Trinajstić information content (AvgIpc) is 2.92. The molecular formula is C10H13NO. The van der Waals surface area contributed by atoms with Crippen molar-refractivity contribution >= 4 is 0 Å². The van der Waals surface area contributed by atoms with Crippen molar-refractivity contribution in [2.75, 3.05) is 0 Å². The standard InChI is InChI=1S/C10H13NO/c11-12-10(9-6-7-9)8-4-2-1-3-5-8/h1-5,9-10H,6-7,11H2. The van der Waals surface area contributed by atoms with Crippen LogP contribution in [0.3, 0.4) is 0 Å². The molecule has 1 unspecified atom stereocenters. The van der Waals surface area contributed by atoms with Crippen molar-refractivity contribution in [2.45, 2.75) is 18.9 Å². The number of hydrogen-bond acceptors (Lipinski definition) is 2. The van der Waals surface area contributed by atoms with Crippen LogP contribution in [0.1, 0.15) is 24.5 Å². The predicted octanol–water partition coefficient (Wildman–Crippen LogP) is 2.03. The van der Waals surface area contributed by atoms with E-state index in [4.69, 9.17) is 10.7 Å². The summed E-state index contributed by atoms with van der Waals surface area (Å²) in [6, 6.07) is 10.2. The molecule has 2 rings (SSSR count). The molecule has 1 saturated carbocycles. The van der Waals surface area contributed by atoms with E-state index in [0.717, 1.165) is 0 Å². The van der Waals surface area contributed by atoms with E-state index < -0.39 is 0 Å². The molecule has 1 fully saturated rings. The normalized spacial score (nSPS) is 19.1. The second-order valence-electron chi connectivity index (χ2n) is 3.30. The van der Waals surface area contributed by atoms with Crippen molar-refractivity contribution in [3.8, 4) is 0 Å². The zero-order valence-electron chi connectivity index (χ0n) is 6.94. The lowest BCUT2D eigenvalue weighted by molar-refractivity contribution is 0.0368. The third-order valence-corrected chi connectivity index (χ3v) is 2.32. The van der Waals surface area contributed by atoms with Crippen LogP contribution in [-0.4, -0.2) is 0 Å². The van der Waals surface area contributed by atoms with Gasteiger partial charge in [-0.3, -0.25) is 4.84 Å². The highest BCUT2D eigenvalue weighted by atomic mass is 16.6. The quantitative estimate of drug-likeness (QED) is 0.692. The molecule has 2 nitrogen and oxygen atoms in total. The highest BCUT2D eigenvalue weighted by molar-refractivity contribution is 5.19. The van der Waals surface area contributed by atoms with Crippen LogP contribution in [-0.2, 0) is 4.84 Å². The van der Waals surface area contributed by atoms with E-state index >= 15 is 0 Å². The number of rotatable bonds is 3. The Hall–Kier alpha value is -0.860. The molecule has 0 spiro atoms. The van der Waals surface area contributed by atoms with Gasteiger partial charge in [0.05, 0.1) is 0 Å². The Morgan fingerprint density at radius 3 is 2.42 bits per heavy atom. The fourth-order valence-corrected chi connectivity index (χ4v) is 1.50. The van der Waals surface area contributed by atoms with Crippen molar-refractivity contribution in [3.63, 3.8) is 0 Å². The van der Waals surface area contributed by atoms with Crippen molar-refractivity contribution in [2.24, 2.45) is 11.8 Å². The van der Waals surface area contributed by atoms with E-state index in [1.165, 1.54) is 18.4 Å². The van der Waals surface area contributed by atoms with Crippen LogP contribution in [0.15, 0.2) is 30.3 Å². The maximum absolute atomic E-state index is 5.25. The van der Waals surface area contributed by atoms with Crippen LogP contribution >= 0.6 is 0 Å². The van der Waals surface area contributed by atoms with Gasteiger partial charge in [-0.15, -0.1) is 0 Å². The fourth-order valence-electron chi connectivity index (χ4n) is 1.50. The molecule has 0 heterocycles. The lowest BCUT2D eigenvalue weighted by Gasteiger charge is -2.12. The average molecular weight is 163 g/mol. The monoisotopic (exact) mass is 163 g/mol. The molecule has 1 atom stereocenters. The smallest absolute Gasteiger partial charge is 0.106 e. The third-order valence-electron chi connectivity index (χ3n) is 2.32. The summed E-state index contributed by atoms with van der Waals surface area (Å²) in [5.41, 5.74) is 1.20. The molecular weight excluding hydrogens is 150 g/mol. The van der Waals surface area contributed by atoms with Crippen LogP contribution in [0.2, 0.25) is 0 Å². The highest BCUT2D eigenvalue weighted by Gasteiger charge is 2.32. The van der Waals surface area contributed by atoms with Crippen molar-refractivity contribution in [3.05, 3.63) is 35.9 Å². The summed E-state index contributed by atoms with van der Waals surface area (Å²) in [5.74, 6) is 5.90. The Balaban J connectivity index is 2.15. The van der Waals surface area contributed by atoms with Gasteiger partial charge in [-0.1, -0.05) is 30.3 Å². The van der Waals surface area contributed by atoms with Gasteiger partial charge < -0.3 is 0 Å². The maximum Gasteiger partial charge on any atom is 0.106 e. The minimum Gasteiger partial charge on any atom is -0.296 e. The minimum absolute atomic E-state index is 0.117. The van der Waals surface area contributed by atoms with Crippen LogP contribution in [0, 0.1) is 5.92 Å². The summed E-state index contributed by atoms with van der Waals surface area (Å²) in [4.78, 5) is 4.96. The first-order valence-corrected chi connectivity index (χ1v) is 4.32. The van der Waals surface area contributed by atoms with E-state index in [-0.39, 0.29) is 6.10 Å². The van der Waals surface area contributed by atoms with Gasteiger partial charge in [0, 0.05) is 0 Å². The number of benzene rings is 1.